The number of nitrogens with zero attached hydrogens (tertiary/aromatic N) is 5. The number of aromatic nitrogens is 3. The van der Waals surface area contributed by atoms with Crippen LogP contribution in [-0.4, -0.2) is 15.0 Å². The largest absolute Gasteiger partial charge is 0.208 e. The third-order valence-electron chi connectivity index (χ3n) is 11.5. The van der Waals surface area contributed by atoms with Gasteiger partial charge in [0.1, 0.15) is 0 Å². The minimum Gasteiger partial charge on any atom is -0.208 e. The van der Waals surface area contributed by atoms with Crippen molar-refractivity contribution in [2.45, 2.75) is 44.4 Å². The van der Waals surface area contributed by atoms with Gasteiger partial charge in [-0.15, -0.1) is 0 Å². The van der Waals surface area contributed by atoms with Crippen molar-refractivity contribution in [1.29, 1.82) is 10.5 Å². The predicted molar refractivity (Wildman–Crippen MR) is 211 cm³/mol. The monoisotopic (exact) mass is 683 g/mol. The molecule has 3 atom stereocenters. The maximum atomic E-state index is 9.44. The van der Waals surface area contributed by atoms with Gasteiger partial charge in [0.2, 0.25) is 0 Å². The standard InChI is InChI=1S/C48H37N5/c1-48(27-33-11-12-34(23-33)28-48)44-22-21-41(42-9-5-6-10-43(42)44)39-24-38(35-7-3-2-4-8-35)25-40(26-39)47-52-45(36-17-13-31(29-49)14-18-36)51-46(53-47)37-19-15-32(30-50)16-20-37/h2-10,13-22,24-26,33-34H,11-12,23,27-28H2,1H3/t33-,34?,48?/m0/s1. The van der Waals surface area contributed by atoms with Crippen LogP contribution in [0.15, 0.2) is 133 Å². The number of hydrogen-bond donors (Lipinski definition) is 0. The smallest absolute Gasteiger partial charge is 0.164 e. The maximum absolute atomic E-state index is 9.44. The van der Waals surface area contributed by atoms with Gasteiger partial charge in [0, 0.05) is 16.7 Å². The van der Waals surface area contributed by atoms with Gasteiger partial charge >= 0.3 is 0 Å². The van der Waals surface area contributed by atoms with Crippen molar-refractivity contribution < 1.29 is 0 Å². The van der Waals surface area contributed by atoms with Crippen molar-refractivity contribution in [3.63, 3.8) is 0 Å². The summed E-state index contributed by atoms with van der Waals surface area (Å²) >= 11 is 0. The number of rotatable bonds is 6. The van der Waals surface area contributed by atoms with Gasteiger partial charge in [-0.1, -0.05) is 86.5 Å². The molecule has 7 aromatic rings. The molecule has 2 aliphatic carbocycles. The molecular weight excluding hydrogens is 647 g/mol. The van der Waals surface area contributed by atoms with Gasteiger partial charge in [0.25, 0.3) is 0 Å². The lowest BCUT2D eigenvalue weighted by Crippen LogP contribution is -2.30. The van der Waals surface area contributed by atoms with Crippen molar-refractivity contribution in [2.75, 3.05) is 0 Å². The van der Waals surface area contributed by atoms with Crippen LogP contribution in [0.3, 0.4) is 0 Å². The second kappa shape index (κ2) is 13.3. The summed E-state index contributed by atoms with van der Waals surface area (Å²) in [4.78, 5) is 15.0. The number of fused-ring (bicyclic) bond motifs is 3. The molecule has 0 amide bonds. The molecule has 0 radical (unpaired) electrons. The molecule has 0 saturated heterocycles. The molecule has 1 aromatic heterocycles. The first-order chi connectivity index (χ1) is 26.0. The Bertz CT molecular complexity index is 2490. The fourth-order valence-corrected chi connectivity index (χ4v) is 9.06. The Morgan fingerprint density at radius 1 is 0.509 bits per heavy atom. The summed E-state index contributed by atoms with van der Waals surface area (Å²) in [5.74, 6) is 3.24. The molecule has 2 aliphatic rings. The second-order valence-corrected chi connectivity index (χ2v) is 15.1. The molecule has 1 heterocycles. The zero-order valence-corrected chi connectivity index (χ0v) is 29.6. The highest BCUT2D eigenvalue weighted by molar-refractivity contribution is 6.00. The van der Waals surface area contributed by atoms with E-state index in [-0.39, 0.29) is 5.41 Å². The minimum absolute atomic E-state index is 0.174. The van der Waals surface area contributed by atoms with Crippen LogP contribution >= 0.6 is 0 Å². The Morgan fingerprint density at radius 2 is 1.02 bits per heavy atom. The van der Waals surface area contributed by atoms with Gasteiger partial charge in [-0.25, -0.2) is 15.0 Å². The summed E-state index contributed by atoms with van der Waals surface area (Å²) in [5.41, 5.74) is 9.68. The Hall–Kier alpha value is -6.43. The van der Waals surface area contributed by atoms with E-state index in [1.165, 1.54) is 54.0 Å². The van der Waals surface area contributed by atoms with Crippen molar-refractivity contribution in [3.05, 3.63) is 150 Å². The van der Waals surface area contributed by atoms with Crippen LogP contribution in [0.2, 0.25) is 0 Å². The first kappa shape index (κ1) is 32.5. The molecular formula is C48H37N5. The Balaban J connectivity index is 1.24. The van der Waals surface area contributed by atoms with Gasteiger partial charge in [-0.05, 0) is 142 Å². The van der Waals surface area contributed by atoms with E-state index in [2.05, 4.69) is 97.9 Å². The van der Waals surface area contributed by atoms with E-state index in [0.29, 0.717) is 28.6 Å². The average molecular weight is 684 g/mol. The molecule has 6 aromatic carbocycles. The molecule has 0 N–H and O–H groups in total. The second-order valence-electron chi connectivity index (χ2n) is 15.1. The first-order valence-corrected chi connectivity index (χ1v) is 18.5. The zero-order chi connectivity index (χ0) is 35.9. The summed E-state index contributed by atoms with van der Waals surface area (Å²) in [6.07, 6.45) is 6.69. The van der Waals surface area contributed by atoms with Crippen molar-refractivity contribution in [1.82, 2.24) is 15.0 Å². The highest BCUT2D eigenvalue weighted by atomic mass is 15.0. The quantitative estimate of drug-likeness (QED) is 0.174. The van der Waals surface area contributed by atoms with Crippen LogP contribution in [0.25, 0.3) is 67.2 Å². The Labute approximate surface area is 310 Å². The van der Waals surface area contributed by atoms with Gasteiger partial charge in [-0.3, -0.25) is 0 Å². The first-order valence-electron chi connectivity index (χ1n) is 18.5. The summed E-state index contributed by atoms with van der Waals surface area (Å²) in [6.45, 7) is 2.50. The van der Waals surface area contributed by atoms with E-state index in [9.17, 15) is 10.5 Å². The van der Waals surface area contributed by atoms with Crippen LogP contribution in [0.5, 0.6) is 0 Å². The molecule has 254 valence electrons. The maximum Gasteiger partial charge on any atom is 0.164 e. The van der Waals surface area contributed by atoms with Crippen LogP contribution in [0.4, 0.5) is 0 Å². The van der Waals surface area contributed by atoms with Crippen LogP contribution in [0.1, 0.15) is 55.7 Å². The van der Waals surface area contributed by atoms with Gasteiger partial charge < -0.3 is 0 Å². The molecule has 5 heteroatoms. The lowest BCUT2D eigenvalue weighted by atomic mass is 9.65. The zero-order valence-electron chi connectivity index (χ0n) is 29.6. The van der Waals surface area contributed by atoms with Gasteiger partial charge in [0.05, 0.1) is 23.3 Å². The lowest BCUT2D eigenvalue weighted by Gasteiger charge is -2.39. The summed E-state index contributed by atoms with van der Waals surface area (Å²) in [6, 6.07) is 49.8. The number of benzene rings is 6. The van der Waals surface area contributed by atoms with E-state index >= 15 is 0 Å². The molecule has 2 fully saturated rings. The van der Waals surface area contributed by atoms with E-state index in [1.807, 2.05) is 30.3 Å². The molecule has 2 saturated carbocycles. The Kier molecular flexibility index (Phi) is 8.14. The normalized spacial score (nSPS) is 19.1. The summed E-state index contributed by atoms with van der Waals surface area (Å²) in [7, 11) is 0. The topological polar surface area (TPSA) is 86.2 Å². The van der Waals surface area contributed by atoms with E-state index in [4.69, 9.17) is 15.0 Å². The van der Waals surface area contributed by atoms with Crippen molar-refractivity contribution >= 4 is 10.8 Å². The lowest BCUT2D eigenvalue weighted by molar-refractivity contribution is 0.233. The van der Waals surface area contributed by atoms with Crippen LogP contribution in [-0.2, 0) is 5.41 Å². The molecule has 2 unspecified atom stereocenters. The molecule has 9 rings (SSSR count). The predicted octanol–water partition coefficient (Wildman–Crippen LogP) is 11.6. The highest BCUT2D eigenvalue weighted by Gasteiger charge is 2.42. The Morgan fingerprint density at radius 3 is 1.60 bits per heavy atom. The third kappa shape index (κ3) is 6.15. The fourth-order valence-electron chi connectivity index (χ4n) is 9.06. The van der Waals surface area contributed by atoms with Crippen molar-refractivity contribution in [3.8, 4) is 68.6 Å². The molecule has 0 spiro atoms. The number of nitriles is 2. The SMILES string of the molecule is CC1(c2ccc(-c3cc(-c4ccccc4)cc(-c4nc(-c5ccc(C#N)cc5)nc(-c5ccc(C#N)cc5)n4)c3)c3ccccc23)CC2CC[C@@H](C2)C1. The van der Waals surface area contributed by atoms with Gasteiger partial charge in [-0.2, -0.15) is 10.5 Å². The highest BCUT2D eigenvalue weighted by Crippen LogP contribution is 2.53. The molecule has 2 bridgehead atoms. The third-order valence-corrected chi connectivity index (χ3v) is 11.5. The summed E-state index contributed by atoms with van der Waals surface area (Å²) < 4.78 is 0. The van der Waals surface area contributed by atoms with Crippen LogP contribution in [0, 0.1) is 34.5 Å². The number of hydrogen-bond acceptors (Lipinski definition) is 5. The fraction of sp³-hybridized carbons (Fsp3) is 0.188. The molecule has 53 heavy (non-hydrogen) atoms. The average Bonchev–Trinajstić information content (AvgIpc) is 3.58. The van der Waals surface area contributed by atoms with E-state index < -0.39 is 0 Å². The van der Waals surface area contributed by atoms with E-state index in [0.717, 1.165) is 45.2 Å². The molecule has 0 aliphatic heterocycles. The minimum atomic E-state index is 0.174. The van der Waals surface area contributed by atoms with Crippen LogP contribution < -0.4 is 0 Å². The molecule has 5 nitrogen and oxygen atoms in total. The summed E-state index contributed by atoms with van der Waals surface area (Å²) in [5, 5.41) is 21.5. The van der Waals surface area contributed by atoms with Crippen molar-refractivity contribution in [2.24, 2.45) is 11.8 Å². The van der Waals surface area contributed by atoms with E-state index in [1.54, 1.807) is 24.3 Å². The van der Waals surface area contributed by atoms with Gasteiger partial charge in [0.15, 0.2) is 17.5 Å².